The zero-order valence-electron chi connectivity index (χ0n) is 43.1. The molecule has 0 aliphatic heterocycles. The number of aliphatic hydroxyl groups excluding tert-OH is 1. The summed E-state index contributed by atoms with van der Waals surface area (Å²) in [6.45, 7) is 4.41. The van der Waals surface area contributed by atoms with E-state index >= 15 is 0 Å². The van der Waals surface area contributed by atoms with Crippen molar-refractivity contribution in [2.45, 2.75) is 238 Å². The predicted octanol–water partition coefficient (Wildman–Crippen LogP) is 15.4. The van der Waals surface area contributed by atoms with E-state index in [1.807, 2.05) is 6.08 Å². The van der Waals surface area contributed by atoms with E-state index in [0.29, 0.717) is 25.7 Å². The minimum Gasteiger partial charge on any atom is -0.462 e. The number of carbonyl (C=O) groups excluding carboxylic acids is 3. The maximum atomic E-state index is 12.8. The molecule has 0 saturated carbocycles. The summed E-state index contributed by atoms with van der Waals surface area (Å²) in [6, 6.07) is 0. The lowest BCUT2D eigenvalue weighted by atomic mass is 10.0. The van der Waals surface area contributed by atoms with Gasteiger partial charge in [0.1, 0.15) is 12.7 Å². The number of carbonyl (C=O) groups is 3. The van der Waals surface area contributed by atoms with Crippen LogP contribution in [-0.2, 0) is 42.2 Å². The zero-order valence-corrected chi connectivity index (χ0v) is 43.9. The van der Waals surface area contributed by atoms with Gasteiger partial charge in [-0.05, 0) is 77.0 Å². The van der Waals surface area contributed by atoms with Gasteiger partial charge in [0.15, 0.2) is 6.10 Å². The van der Waals surface area contributed by atoms with Gasteiger partial charge in [-0.2, -0.15) is 0 Å². The molecule has 0 heterocycles. The Labute approximate surface area is 414 Å². The maximum Gasteiger partial charge on any atom is 0.472 e. The highest BCUT2D eigenvalue weighted by Gasteiger charge is 2.28. The van der Waals surface area contributed by atoms with E-state index in [0.717, 1.165) is 89.9 Å². The highest BCUT2D eigenvalue weighted by molar-refractivity contribution is 7.47. The van der Waals surface area contributed by atoms with E-state index in [-0.39, 0.29) is 25.9 Å². The van der Waals surface area contributed by atoms with Crippen LogP contribution in [0.1, 0.15) is 226 Å². The third kappa shape index (κ3) is 48.0. The lowest BCUT2D eigenvalue weighted by Gasteiger charge is -2.21. The van der Waals surface area contributed by atoms with Gasteiger partial charge in [0.05, 0.1) is 19.8 Å². The first-order chi connectivity index (χ1) is 33.2. The van der Waals surface area contributed by atoms with Crippen molar-refractivity contribution in [2.24, 2.45) is 0 Å². The van der Waals surface area contributed by atoms with Crippen molar-refractivity contribution < 1.29 is 52.2 Å². The lowest BCUT2D eigenvalue weighted by Crippen LogP contribution is -2.30. The number of hydrogen-bond acceptors (Lipinski definition) is 10. The van der Waals surface area contributed by atoms with Crippen LogP contribution in [-0.4, -0.2) is 66.5 Å². The molecule has 0 aromatic heterocycles. The molecule has 0 radical (unpaired) electrons. The van der Waals surface area contributed by atoms with Crippen molar-refractivity contribution in [3.63, 3.8) is 0 Å². The molecule has 0 aliphatic rings. The van der Waals surface area contributed by atoms with E-state index in [1.54, 1.807) is 0 Å². The van der Waals surface area contributed by atoms with Gasteiger partial charge in [0.2, 0.25) is 0 Å². The fraction of sp³-hybridized carbons (Fsp3) is 0.732. The average molecular weight is 977 g/mol. The number of aliphatic hydroxyl groups is 1. The van der Waals surface area contributed by atoms with Gasteiger partial charge in [-0.3, -0.25) is 23.4 Å². The Morgan fingerprint density at radius 2 is 0.794 bits per heavy atom. The van der Waals surface area contributed by atoms with E-state index in [1.165, 1.54) is 70.6 Å². The molecule has 0 saturated heterocycles. The van der Waals surface area contributed by atoms with Crippen LogP contribution >= 0.6 is 7.82 Å². The molecular weight excluding hydrogens is 880 g/mol. The second-order valence-corrected chi connectivity index (χ2v) is 19.1. The summed E-state index contributed by atoms with van der Waals surface area (Å²) in [7, 11) is -4.75. The van der Waals surface area contributed by atoms with Crippen LogP contribution in [0.15, 0.2) is 72.9 Å². The van der Waals surface area contributed by atoms with Gasteiger partial charge in [0.25, 0.3) is 0 Å². The number of phosphoric acid groups is 1. The van der Waals surface area contributed by atoms with Crippen LogP contribution in [0.4, 0.5) is 0 Å². The topological polar surface area (TPSA) is 155 Å². The third-order valence-electron chi connectivity index (χ3n) is 11.1. The van der Waals surface area contributed by atoms with Crippen molar-refractivity contribution in [3.8, 4) is 0 Å². The fourth-order valence-electron chi connectivity index (χ4n) is 7.02. The number of rotatable bonds is 49. The summed E-state index contributed by atoms with van der Waals surface area (Å²) < 4.78 is 39.3. The molecular formula is C56H97O11P. The maximum absolute atomic E-state index is 12.8. The molecule has 0 rings (SSSR count). The van der Waals surface area contributed by atoms with Crippen molar-refractivity contribution in [2.75, 3.05) is 26.4 Å². The Kier molecular flexibility index (Phi) is 48.0. The summed E-state index contributed by atoms with van der Waals surface area (Å²) in [4.78, 5) is 48.3. The Balaban J connectivity index is 4.82. The molecule has 12 heteroatoms. The molecule has 0 spiro atoms. The second-order valence-electron chi connectivity index (χ2n) is 17.7. The van der Waals surface area contributed by atoms with Crippen LogP contribution < -0.4 is 0 Å². The number of hydrogen-bond donors (Lipinski definition) is 2. The first-order valence-electron chi connectivity index (χ1n) is 26.8. The van der Waals surface area contributed by atoms with Crippen LogP contribution in [0.5, 0.6) is 0 Å². The number of allylic oxidation sites excluding steroid dienone is 12. The predicted molar refractivity (Wildman–Crippen MR) is 279 cm³/mol. The van der Waals surface area contributed by atoms with E-state index in [4.69, 9.17) is 23.3 Å². The monoisotopic (exact) mass is 977 g/mol. The molecule has 0 amide bonds. The number of ether oxygens (including phenoxy) is 3. The zero-order chi connectivity index (χ0) is 49.9. The number of phosphoric ester groups is 1. The molecule has 0 fully saturated rings. The molecule has 68 heavy (non-hydrogen) atoms. The molecule has 2 N–H and O–H groups in total. The van der Waals surface area contributed by atoms with Crippen LogP contribution in [0.2, 0.25) is 0 Å². The van der Waals surface area contributed by atoms with Crippen LogP contribution in [0, 0.1) is 0 Å². The molecule has 0 aromatic carbocycles. The molecule has 0 aromatic rings. The first kappa shape index (κ1) is 64.9. The quantitative estimate of drug-likeness (QED) is 0.0197. The average Bonchev–Trinajstić information content (AvgIpc) is 3.32. The molecule has 0 bridgehead atoms. The highest BCUT2D eigenvalue weighted by atomic mass is 31.2. The van der Waals surface area contributed by atoms with E-state index < -0.39 is 57.8 Å². The summed E-state index contributed by atoms with van der Waals surface area (Å²) in [6.07, 6.45) is 54.5. The van der Waals surface area contributed by atoms with Gasteiger partial charge in [-0.15, -0.1) is 0 Å². The molecule has 11 nitrogen and oxygen atoms in total. The standard InChI is InChI=1S/C56H97O11P/c1-4-7-10-13-16-19-22-24-25-26-27-29-31-33-36-39-42-45-54(58)63-49-53(67-56(60)47-44-41-38-35-32-28-23-20-17-14-11-8-5-2)51-65-68(61,62)64-50-52(48-57)66-55(59)46-43-40-37-34-30-21-18-15-12-9-6-3/h7,10,15-16,18-19,24-25,27,29,33,36,52-53,57H,4-6,8-9,11-14,17,20-23,26,28,30-32,34-35,37-51H2,1-3H3,(H,61,62)/b10-7-,18-15-,19-16-,25-24-,29-27-,36-33-. The molecule has 3 atom stereocenters. The summed E-state index contributed by atoms with van der Waals surface area (Å²) in [5.41, 5.74) is 0. The van der Waals surface area contributed by atoms with Crippen molar-refractivity contribution in [1.82, 2.24) is 0 Å². The van der Waals surface area contributed by atoms with Gasteiger partial charge in [-0.1, -0.05) is 203 Å². The van der Waals surface area contributed by atoms with Gasteiger partial charge in [-0.25, -0.2) is 4.57 Å². The van der Waals surface area contributed by atoms with Crippen molar-refractivity contribution >= 4 is 25.7 Å². The van der Waals surface area contributed by atoms with E-state index in [2.05, 4.69) is 87.6 Å². The first-order valence-corrected chi connectivity index (χ1v) is 28.3. The fourth-order valence-corrected chi connectivity index (χ4v) is 7.80. The minimum atomic E-state index is -4.75. The summed E-state index contributed by atoms with van der Waals surface area (Å²) in [5.74, 6) is -1.54. The lowest BCUT2D eigenvalue weighted by molar-refractivity contribution is -0.161. The molecule has 3 unspecified atom stereocenters. The molecule has 0 aliphatic carbocycles. The number of unbranched alkanes of at least 4 members (excludes halogenated alkanes) is 20. The highest BCUT2D eigenvalue weighted by Crippen LogP contribution is 2.43. The van der Waals surface area contributed by atoms with Gasteiger partial charge in [0, 0.05) is 19.3 Å². The van der Waals surface area contributed by atoms with Gasteiger partial charge >= 0.3 is 25.7 Å². The van der Waals surface area contributed by atoms with E-state index in [9.17, 15) is 28.9 Å². The Bertz CT molecular complexity index is 1420. The third-order valence-corrected chi connectivity index (χ3v) is 12.1. The summed E-state index contributed by atoms with van der Waals surface area (Å²) >= 11 is 0. The van der Waals surface area contributed by atoms with Crippen LogP contribution in [0.25, 0.3) is 0 Å². The summed E-state index contributed by atoms with van der Waals surface area (Å²) in [5, 5.41) is 9.76. The largest absolute Gasteiger partial charge is 0.472 e. The van der Waals surface area contributed by atoms with Crippen molar-refractivity contribution in [3.05, 3.63) is 72.9 Å². The van der Waals surface area contributed by atoms with Crippen LogP contribution in [0.3, 0.4) is 0 Å². The second kappa shape index (κ2) is 50.3. The molecule has 392 valence electrons. The van der Waals surface area contributed by atoms with Crippen molar-refractivity contribution in [1.29, 1.82) is 0 Å². The Morgan fingerprint density at radius 1 is 0.426 bits per heavy atom. The van der Waals surface area contributed by atoms with Gasteiger partial charge < -0.3 is 24.2 Å². The number of esters is 3. The minimum absolute atomic E-state index is 0.148. The Hall–Kier alpha value is -3.08. The SMILES string of the molecule is CC/C=C\C/C=C\C/C=C\C/C=C\C/C=C\CCCC(=O)OCC(COP(=O)(O)OCC(CO)OC(=O)CCCCCCC/C=C\CCCC)OC(=O)CCCCCCCCCCCCCCC. The normalized spacial score (nSPS) is 14.0. The smallest absolute Gasteiger partial charge is 0.462 e. The Morgan fingerprint density at radius 3 is 1.28 bits per heavy atom.